The quantitative estimate of drug-likeness (QED) is 0.320. The van der Waals surface area contributed by atoms with Gasteiger partial charge in [-0.15, -0.1) is 0 Å². The molecule has 0 aliphatic heterocycles. The molecular weight excluding hydrogens is 518 g/mol. The summed E-state index contributed by atoms with van der Waals surface area (Å²) in [5, 5.41) is 14.1. The lowest BCUT2D eigenvalue weighted by molar-refractivity contribution is -0.156. The second-order valence-corrected chi connectivity index (χ2v) is 12.5. The molecule has 41 heavy (non-hydrogen) atoms. The monoisotopic (exact) mass is 559 g/mol. The summed E-state index contributed by atoms with van der Waals surface area (Å²) in [7, 11) is 0. The Morgan fingerprint density at radius 2 is 1.71 bits per heavy atom. The summed E-state index contributed by atoms with van der Waals surface area (Å²) in [6, 6.07) is 16.7. The summed E-state index contributed by atoms with van der Waals surface area (Å²) in [6.07, 6.45) is 4.69. The maximum Gasteiger partial charge on any atom is 0.337 e. The van der Waals surface area contributed by atoms with Crippen LogP contribution in [0.25, 0.3) is 0 Å². The first-order valence-electron chi connectivity index (χ1n) is 14.6. The third-order valence-electron chi connectivity index (χ3n) is 9.01. The Labute approximate surface area is 242 Å². The van der Waals surface area contributed by atoms with Crippen molar-refractivity contribution < 1.29 is 28.6 Å². The Morgan fingerprint density at radius 3 is 2.39 bits per heavy atom. The summed E-state index contributed by atoms with van der Waals surface area (Å²) < 4.78 is 18.0. The molecule has 7 nitrogen and oxygen atoms in total. The smallest absolute Gasteiger partial charge is 0.337 e. The molecule has 0 saturated heterocycles. The van der Waals surface area contributed by atoms with Crippen molar-refractivity contribution >= 4 is 11.9 Å². The Bertz CT molecular complexity index is 1340. The molecule has 1 fully saturated rings. The lowest BCUT2D eigenvalue weighted by atomic mass is 9.75. The third-order valence-corrected chi connectivity index (χ3v) is 9.01. The molecule has 0 unspecified atom stereocenters. The van der Waals surface area contributed by atoms with Gasteiger partial charge in [0.05, 0.1) is 30.8 Å². The summed E-state index contributed by atoms with van der Waals surface area (Å²) >= 11 is 0. The number of nitrogens with one attached hydrogen (secondary N) is 1. The number of furan rings is 1. The molecule has 6 atom stereocenters. The Kier molecular flexibility index (Phi) is 8.39. The van der Waals surface area contributed by atoms with Gasteiger partial charge in [-0.25, -0.2) is 4.79 Å². The van der Waals surface area contributed by atoms with Gasteiger partial charge in [-0.2, -0.15) is 0 Å². The minimum Gasteiger partial charge on any atom is -0.472 e. The van der Waals surface area contributed by atoms with Gasteiger partial charge >= 0.3 is 5.97 Å². The number of hydrogen-bond acceptors (Lipinski definition) is 6. The van der Waals surface area contributed by atoms with Gasteiger partial charge in [-0.05, 0) is 67.2 Å². The van der Waals surface area contributed by atoms with Crippen LogP contribution in [0.1, 0.15) is 79.5 Å². The van der Waals surface area contributed by atoms with E-state index in [9.17, 15) is 14.7 Å². The van der Waals surface area contributed by atoms with Crippen LogP contribution in [0.15, 0.2) is 77.6 Å². The third kappa shape index (κ3) is 6.11. The van der Waals surface area contributed by atoms with Crippen LogP contribution in [0.2, 0.25) is 0 Å². The van der Waals surface area contributed by atoms with Crippen LogP contribution in [-0.4, -0.2) is 41.9 Å². The number of amides is 1. The highest BCUT2D eigenvalue weighted by Crippen LogP contribution is 2.57. The number of ether oxygens (including phenoxy) is 2. The van der Waals surface area contributed by atoms with Gasteiger partial charge in [0.2, 0.25) is 0 Å². The van der Waals surface area contributed by atoms with E-state index in [1.807, 2.05) is 19.1 Å². The summed E-state index contributed by atoms with van der Waals surface area (Å²) in [5.74, 6) is -0.760. The maximum atomic E-state index is 13.4. The first kappa shape index (κ1) is 29.1. The van der Waals surface area contributed by atoms with Crippen molar-refractivity contribution in [1.29, 1.82) is 0 Å². The molecule has 0 radical (unpaired) electrons. The topological polar surface area (TPSA) is 98.0 Å². The molecule has 3 aromatic rings. The van der Waals surface area contributed by atoms with Crippen LogP contribution in [-0.2, 0) is 20.7 Å². The predicted octanol–water partition coefficient (Wildman–Crippen LogP) is 5.84. The number of fused-ring (bicyclic) bond motifs is 2. The van der Waals surface area contributed by atoms with Crippen molar-refractivity contribution in [3.05, 3.63) is 95.4 Å². The average Bonchev–Trinajstić information content (AvgIpc) is 3.53. The minimum atomic E-state index is -1.59. The fourth-order valence-corrected chi connectivity index (χ4v) is 7.16. The lowest BCUT2D eigenvalue weighted by Crippen LogP contribution is -2.43. The number of hydrogen-bond donors (Lipinski definition) is 2. The van der Waals surface area contributed by atoms with Gasteiger partial charge in [0, 0.05) is 30.1 Å². The standard InChI is InChI=1S/C34H41NO6/c1-5-41-34(4)16-24-19-39-20-26(24)27(25-17-33(2,3)18-28(25)34)21-40-32(38)30(36)29(22-12-8-6-9-13-22)35-31(37)23-14-10-7-11-15-23/h6-15,19-20,25,27-30,36H,5,16-18,21H2,1-4H3,(H,35,37)/t25-,27-,28-,29-,30+,34-/m0/s1. The molecule has 1 amide bonds. The van der Waals surface area contributed by atoms with Crippen molar-refractivity contribution in [2.75, 3.05) is 13.2 Å². The van der Waals surface area contributed by atoms with Gasteiger partial charge in [-0.3, -0.25) is 4.79 Å². The minimum absolute atomic E-state index is 0.0944. The lowest BCUT2D eigenvalue weighted by Gasteiger charge is -2.38. The van der Waals surface area contributed by atoms with E-state index < -0.39 is 18.1 Å². The number of aliphatic hydroxyl groups is 1. The molecule has 0 bridgehead atoms. The van der Waals surface area contributed by atoms with Gasteiger partial charge in [-0.1, -0.05) is 62.4 Å². The van der Waals surface area contributed by atoms with E-state index in [1.54, 1.807) is 61.1 Å². The normalized spacial score (nSPS) is 26.2. The van der Waals surface area contributed by atoms with Crippen molar-refractivity contribution in [3.63, 3.8) is 0 Å². The van der Waals surface area contributed by atoms with Crippen molar-refractivity contribution in [1.82, 2.24) is 5.32 Å². The number of carbonyl (C=O) groups is 2. The van der Waals surface area contributed by atoms with Crippen LogP contribution in [0.5, 0.6) is 0 Å². The highest BCUT2D eigenvalue weighted by molar-refractivity contribution is 5.94. The van der Waals surface area contributed by atoms with Crippen molar-refractivity contribution in [3.8, 4) is 0 Å². The zero-order chi connectivity index (χ0) is 29.2. The largest absolute Gasteiger partial charge is 0.472 e. The molecule has 2 aliphatic rings. The number of aliphatic hydroxyl groups excluding tert-OH is 1. The fourth-order valence-electron chi connectivity index (χ4n) is 7.16. The first-order chi connectivity index (χ1) is 19.6. The molecule has 1 heterocycles. The fraction of sp³-hybridized carbons (Fsp3) is 0.471. The SMILES string of the molecule is CCO[C@@]1(C)Cc2cocc2[C@@H](COC(=O)[C@H](O)[C@@H](NC(=O)c2ccccc2)c2ccccc2)[C@@H]2CC(C)(C)C[C@@H]21. The van der Waals surface area contributed by atoms with Gasteiger partial charge in [0.15, 0.2) is 6.10 Å². The van der Waals surface area contributed by atoms with E-state index in [1.165, 1.54) is 0 Å². The zero-order valence-corrected chi connectivity index (χ0v) is 24.3. The molecule has 2 N–H and O–H groups in total. The second kappa shape index (κ2) is 11.8. The van der Waals surface area contributed by atoms with Crippen LogP contribution in [0.4, 0.5) is 0 Å². The molecule has 5 rings (SSSR count). The van der Waals surface area contributed by atoms with Crippen molar-refractivity contribution in [2.24, 2.45) is 17.3 Å². The van der Waals surface area contributed by atoms with E-state index >= 15 is 0 Å². The molecule has 1 aromatic heterocycles. The Morgan fingerprint density at radius 1 is 1.02 bits per heavy atom. The van der Waals surface area contributed by atoms with E-state index in [0.29, 0.717) is 17.7 Å². The Hall–Kier alpha value is -3.42. The highest BCUT2D eigenvalue weighted by Gasteiger charge is 2.54. The van der Waals surface area contributed by atoms with Gasteiger partial charge < -0.3 is 24.3 Å². The number of esters is 1. The molecule has 7 heteroatoms. The molecule has 0 spiro atoms. The molecule has 2 aromatic carbocycles. The molecule has 218 valence electrons. The number of benzene rings is 2. The zero-order valence-electron chi connectivity index (χ0n) is 24.3. The van der Waals surface area contributed by atoms with Crippen LogP contribution < -0.4 is 5.32 Å². The second-order valence-electron chi connectivity index (χ2n) is 12.5. The molecule has 2 aliphatic carbocycles. The van der Waals surface area contributed by atoms with Crippen molar-refractivity contribution in [2.45, 2.75) is 70.6 Å². The van der Waals surface area contributed by atoms with E-state index in [-0.39, 0.29) is 41.3 Å². The van der Waals surface area contributed by atoms with E-state index in [2.05, 4.69) is 26.1 Å². The molecular formula is C34H41NO6. The van der Waals surface area contributed by atoms with E-state index in [0.717, 1.165) is 30.4 Å². The summed E-state index contributed by atoms with van der Waals surface area (Å²) in [6.45, 7) is 9.53. The van der Waals surface area contributed by atoms with Gasteiger partial charge in [0.25, 0.3) is 5.91 Å². The van der Waals surface area contributed by atoms with Crippen LogP contribution in [0.3, 0.4) is 0 Å². The van der Waals surface area contributed by atoms with E-state index in [4.69, 9.17) is 13.9 Å². The summed E-state index contributed by atoms with van der Waals surface area (Å²) in [4.78, 5) is 26.4. The average molecular weight is 560 g/mol. The predicted molar refractivity (Wildman–Crippen MR) is 155 cm³/mol. The Balaban J connectivity index is 1.37. The number of carbonyl (C=O) groups excluding carboxylic acids is 2. The number of rotatable bonds is 9. The van der Waals surface area contributed by atoms with Gasteiger partial charge in [0.1, 0.15) is 0 Å². The van der Waals surface area contributed by atoms with Crippen LogP contribution in [0, 0.1) is 17.3 Å². The summed E-state index contributed by atoms with van der Waals surface area (Å²) in [5.41, 5.74) is 2.93. The first-order valence-corrected chi connectivity index (χ1v) is 14.6. The molecule has 1 saturated carbocycles. The van der Waals surface area contributed by atoms with Crippen LogP contribution >= 0.6 is 0 Å². The highest BCUT2D eigenvalue weighted by atomic mass is 16.5. The maximum absolute atomic E-state index is 13.4.